The summed E-state index contributed by atoms with van der Waals surface area (Å²) in [4.78, 5) is 11.5. The van der Waals surface area contributed by atoms with Crippen molar-refractivity contribution in [2.45, 2.75) is 6.54 Å². The number of benzene rings is 1. The first kappa shape index (κ1) is 15.7. The third-order valence-electron chi connectivity index (χ3n) is 2.65. The number of methoxy groups -OCH3 is 3. The van der Waals surface area contributed by atoms with Gasteiger partial charge in [-0.05, 0) is 0 Å². The minimum atomic E-state index is -0.287. The summed E-state index contributed by atoms with van der Waals surface area (Å²) in [5.74, 6) is 1.80. The van der Waals surface area contributed by atoms with Crippen LogP contribution in [-0.4, -0.2) is 33.9 Å². The fourth-order valence-corrected chi connectivity index (χ4v) is 1.65. The smallest absolute Gasteiger partial charge is 0.315 e. The molecule has 0 bridgehead atoms. The average Bonchev–Trinajstić information content (AvgIpc) is 2.49. The molecule has 6 heteroatoms. The maximum Gasteiger partial charge on any atom is 0.315 e. The highest BCUT2D eigenvalue weighted by molar-refractivity contribution is 5.74. The van der Waals surface area contributed by atoms with Crippen LogP contribution in [0.15, 0.2) is 24.8 Å². The van der Waals surface area contributed by atoms with E-state index >= 15 is 0 Å². The molecule has 0 aliphatic heterocycles. The van der Waals surface area contributed by atoms with Gasteiger partial charge in [0.25, 0.3) is 0 Å². The van der Waals surface area contributed by atoms with Crippen molar-refractivity contribution in [2.75, 3.05) is 27.9 Å². The topological polar surface area (TPSA) is 68.8 Å². The van der Waals surface area contributed by atoms with Crippen LogP contribution in [0.25, 0.3) is 0 Å². The van der Waals surface area contributed by atoms with E-state index in [0.717, 1.165) is 5.56 Å². The SMILES string of the molecule is C=CCNC(=O)NCc1c(OC)cc(OC)cc1OC. The molecule has 0 atom stereocenters. The van der Waals surface area contributed by atoms with E-state index in [4.69, 9.17) is 14.2 Å². The lowest BCUT2D eigenvalue weighted by atomic mass is 10.1. The molecule has 0 spiro atoms. The Morgan fingerprint density at radius 2 is 1.75 bits per heavy atom. The monoisotopic (exact) mass is 280 g/mol. The summed E-state index contributed by atoms with van der Waals surface area (Å²) in [5, 5.41) is 5.35. The van der Waals surface area contributed by atoms with Crippen molar-refractivity contribution in [1.29, 1.82) is 0 Å². The largest absolute Gasteiger partial charge is 0.496 e. The van der Waals surface area contributed by atoms with Gasteiger partial charge in [0.1, 0.15) is 17.2 Å². The Hall–Kier alpha value is -2.37. The van der Waals surface area contributed by atoms with Crippen molar-refractivity contribution < 1.29 is 19.0 Å². The minimum absolute atomic E-state index is 0.277. The number of hydrogen-bond acceptors (Lipinski definition) is 4. The van der Waals surface area contributed by atoms with E-state index in [1.165, 1.54) is 0 Å². The summed E-state index contributed by atoms with van der Waals surface area (Å²) in [6.45, 7) is 4.21. The van der Waals surface area contributed by atoms with Crippen molar-refractivity contribution in [3.05, 3.63) is 30.4 Å². The van der Waals surface area contributed by atoms with Crippen LogP contribution in [0.4, 0.5) is 4.79 Å². The molecule has 2 N–H and O–H groups in total. The zero-order valence-corrected chi connectivity index (χ0v) is 12.0. The predicted molar refractivity (Wildman–Crippen MR) is 76.5 cm³/mol. The number of urea groups is 1. The predicted octanol–water partition coefficient (Wildman–Crippen LogP) is 1.70. The standard InChI is InChI=1S/C14H20N2O4/c1-5-6-15-14(17)16-9-11-12(19-3)7-10(18-2)8-13(11)20-4/h5,7-8H,1,6,9H2,2-4H3,(H2,15,16,17). The summed E-state index contributed by atoms with van der Waals surface area (Å²) in [7, 11) is 4.67. The van der Waals surface area contributed by atoms with Crippen molar-refractivity contribution >= 4 is 6.03 Å². The quantitative estimate of drug-likeness (QED) is 0.746. The van der Waals surface area contributed by atoms with Gasteiger partial charge in [0, 0.05) is 18.7 Å². The number of rotatable bonds is 7. The van der Waals surface area contributed by atoms with Gasteiger partial charge in [0.15, 0.2) is 0 Å². The second kappa shape index (κ2) is 7.93. The molecule has 6 nitrogen and oxygen atoms in total. The van der Waals surface area contributed by atoms with Crippen LogP contribution in [0, 0.1) is 0 Å². The van der Waals surface area contributed by atoms with Crippen LogP contribution in [0.2, 0.25) is 0 Å². The summed E-state index contributed by atoms with van der Waals surface area (Å²) >= 11 is 0. The molecule has 110 valence electrons. The number of carbonyl (C=O) groups is 1. The molecule has 0 saturated heterocycles. The molecule has 1 rings (SSSR count). The highest BCUT2D eigenvalue weighted by Gasteiger charge is 2.13. The van der Waals surface area contributed by atoms with Gasteiger partial charge in [-0.15, -0.1) is 6.58 Å². The van der Waals surface area contributed by atoms with Gasteiger partial charge in [0.05, 0.1) is 33.4 Å². The molecule has 0 radical (unpaired) electrons. The normalized spacial score (nSPS) is 9.55. The zero-order valence-electron chi connectivity index (χ0n) is 12.0. The van der Waals surface area contributed by atoms with Crippen molar-refractivity contribution in [3.63, 3.8) is 0 Å². The molecule has 1 aromatic carbocycles. The van der Waals surface area contributed by atoms with Crippen LogP contribution >= 0.6 is 0 Å². The van der Waals surface area contributed by atoms with Crippen LogP contribution in [0.5, 0.6) is 17.2 Å². The van der Waals surface area contributed by atoms with Gasteiger partial charge in [-0.1, -0.05) is 6.08 Å². The lowest BCUT2D eigenvalue weighted by Crippen LogP contribution is -2.35. The molecular weight excluding hydrogens is 260 g/mol. The van der Waals surface area contributed by atoms with E-state index in [9.17, 15) is 4.79 Å². The number of hydrogen-bond donors (Lipinski definition) is 2. The van der Waals surface area contributed by atoms with Crippen LogP contribution in [-0.2, 0) is 6.54 Å². The molecule has 0 unspecified atom stereocenters. The highest BCUT2D eigenvalue weighted by Crippen LogP contribution is 2.33. The van der Waals surface area contributed by atoms with E-state index in [0.29, 0.717) is 23.8 Å². The maximum atomic E-state index is 11.5. The lowest BCUT2D eigenvalue weighted by molar-refractivity contribution is 0.241. The van der Waals surface area contributed by atoms with Gasteiger partial charge in [0.2, 0.25) is 0 Å². The molecule has 0 saturated carbocycles. The summed E-state index contributed by atoms with van der Waals surface area (Å²) in [6.07, 6.45) is 1.61. The first-order valence-electron chi connectivity index (χ1n) is 6.07. The second-order valence-corrected chi connectivity index (χ2v) is 3.86. The summed E-state index contributed by atoms with van der Waals surface area (Å²) in [5.41, 5.74) is 0.740. The van der Waals surface area contributed by atoms with Crippen LogP contribution in [0.1, 0.15) is 5.56 Å². The molecule has 0 aromatic heterocycles. The Morgan fingerprint density at radius 1 is 1.15 bits per heavy atom. The fraction of sp³-hybridized carbons (Fsp3) is 0.357. The van der Waals surface area contributed by atoms with Crippen LogP contribution in [0.3, 0.4) is 0 Å². The number of nitrogens with one attached hydrogen (secondary N) is 2. The average molecular weight is 280 g/mol. The Labute approximate surface area is 118 Å². The van der Waals surface area contributed by atoms with Crippen molar-refractivity contribution in [2.24, 2.45) is 0 Å². The van der Waals surface area contributed by atoms with E-state index in [2.05, 4.69) is 17.2 Å². The van der Waals surface area contributed by atoms with Crippen LogP contribution < -0.4 is 24.8 Å². The summed E-state index contributed by atoms with van der Waals surface area (Å²) < 4.78 is 15.8. The van der Waals surface area contributed by atoms with Gasteiger partial charge in [-0.2, -0.15) is 0 Å². The van der Waals surface area contributed by atoms with Gasteiger partial charge < -0.3 is 24.8 Å². The van der Waals surface area contributed by atoms with Gasteiger partial charge in [-0.25, -0.2) is 4.79 Å². The van der Waals surface area contributed by atoms with Gasteiger partial charge in [-0.3, -0.25) is 0 Å². The molecular formula is C14H20N2O4. The Kier molecular flexibility index (Phi) is 6.22. The van der Waals surface area contributed by atoms with Crippen molar-refractivity contribution in [3.8, 4) is 17.2 Å². The Morgan fingerprint density at radius 3 is 2.20 bits per heavy atom. The molecule has 2 amide bonds. The third-order valence-corrected chi connectivity index (χ3v) is 2.65. The lowest BCUT2D eigenvalue weighted by Gasteiger charge is -2.15. The fourth-order valence-electron chi connectivity index (χ4n) is 1.65. The first-order valence-corrected chi connectivity index (χ1v) is 6.07. The van der Waals surface area contributed by atoms with E-state index < -0.39 is 0 Å². The van der Waals surface area contributed by atoms with Crippen molar-refractivity contribution in [1.82, 2.24) is 10.6 Å². The van der Waals surface area contributed by atoms with E-state index in [1.54, 1.807) is 39.5 Å². The Bertz CT molecular complexity index is 449. The molecule has 0 heterocycles. The molecule has 0 aliphatic carbocycles. The molecule has 0 fully saturated rings. The molecule has 20 heavy (non-hydrogen) atoms. The highest BCUT2D eigenvalue weighted by atomic mass is 16.5. The number of ether oxygens (including phenoxy) is 3. The zero-order chi connectivity index (χ0) is 15.0. The minimum Gasteiger partial charge on any atom is -0.496 e. The van der Waals surface area contributed by atoms with E-state index in [-0.39, 0.29) is 12.6 Å². The number of carbonyl (C=O) groups excluding carboxylic acids is 1. The third kappa shape index (κ3) is 4.08. The molecule has 0 aliphatic rings. The second-order valence-electron chi connectivity index (χ2n) is 3.86. The first-order chi connectivity index (χ1) is 9.65. The molecule has 1 aromatic rings. The number of amides is 2. The summed E-state index contributed by atoms with van der Waals surface area (Å²) in [6, 6.07) is 3.19. The maximum absolute atomic E-state index is 11.5. The van der Waals surface area contributed by atoms with E-state index in [1.807, 2.05) is 0 Å². The van der Waals surface area contributed by atoms with Gasteiger partial charge >= 0.3 is 6.03 Å². The Balaban J connectivity index is 2.86.